The van der Waals surface area contributed by atoms with Crippen molar-refractivity contribution in [1.82, 2.24) is 5.32 Å². The summed E-state index contributed by atoms with van der Waals surface area (Å²) in [5.74, 6) is 0. The largest absolute Gasteiger partial charge is 0.381 e. The fourth-order valence-corrected chi connectivity index (χ4v) is 3.02. The first-order valence-electron chi connectivity index (χ1n) is 7.60. The molecule has 2 heteroatoms. The van der Waals surface area contributed by atoms with E-state index in [1.807, 2.05) is 7.11 Å². The highest BCUT2D eigenvalue weighted by Gasteiger charge is 2.25. The van der Waals surface area contributed by atoms with Crippen LogP contribution >= 0.6 is 0 Å². The van der Waals surface area contributed by atoms with Crippen LogP contribution in [0.15, 0.2) is 24.3 Å². The fourth-order valence-electron chi connectivity index (χ4n) is 3.02. The van der Waals surface area contributed by atoms with Gasteiger partial charge in [0.15, 0.2) is 0 Å². The van der Waals surface area contributed by atoms with Crippen molar-refractivity contribution in [3.63, 3.8) is 0 Å². The summed E-state index contributed by atoms with van der Waals surface area (Å²) in [7, 11) is 1.82. The molecule has 1 aromatic carbocycles. The number of benzene rings is 1. The number of aryl methyl sites for hydroxylation is 1. The van der Waals surface area contributed by atoms with Crippen LogP contribution in [0.2, 0.25) is 0 Å². The fraction of sp³-hybridized carbons (Fsp3) is 0.647. The Morgan fingerprint density at radius 1 is 1.26 bits per heavy atom. The predicted molar refractivity (Wildman–Crippen MR) is 80.4 cm³/mol. The van der Waals surface area contributed by atoms with E-state index in [0.29, 0.717) is 18.2 Å². The summed E-state index contributed by atoms with van der Waals surface area (Å²) in [5, 5.41) is 3.73. The molecule has 0 heterocycles. The van der Waals surface area contributed by atoms with Crippen LogP contribution in [0.1, 0.15) is 56.7 Å². The number of methoxy groups -OCH3 is 1. The van der Waals surface area contributed by atoms with E-state index in [1.54, 1.807) is 0 Å². The maximum Gasteiger partial charge on any atom is 0.0586 e. The van der Waals surface area contributed by atoms with Crippen molar-refractivity contribution in [3.05, 3.63) is 35.4 Å². The average Bonchev–Trinajstić information content (AvgIpc) is 2.87. The highest BCUT2D eigenvalue weighted by molar-refractivity contribution is 5.25. The second kappa shape index (κ2) is 7.06. The molecule has 0 amide bonds. The third kappa shape index (κ3) is 4.05. The minimum Gasteiger partial charge on any atom is -0.381 e. The summed E-state index contributed by atoms with van der Waals surface area (Å²) < 4.78 is 5.43. The Balaban J connectivity index is 1.87. The lowest BCUT2D eigenvalue weighted by atomic mass is 10.0. The van der Waals surface area contributed by atoms with Gasteiger partial charge in [0.05, 0.1) is 6.10 Å². The quantitative estimate of drug-likeness (QED) is 0.839. The molecule has 0 aliphatic heterocycles. The first kappa shape index (κ1) is 14.5. The van der Waals surface area contributed by atoms with Gasteiger partial charge in [-0.3, -0.25) is 0 Å². The summed E-state index contributed by atoms with van der Waals surface area (Å²) >= 11 is 0. The van der Waals surface area contributed by atoms with E-state index in [9.17, 15) is 0 Å². The van der Waals surface area contributed by atoms with Gasteiger partial charge in [-0.1, -0.05) is 37.6 Å². The summed E-state index contributed by atoms with van der Waals surface area (Å²) in [5.41, 5.74) is 2.83. The zero-order chi connectivity index (χ0) is 13.7. The SMILES string of the molecule is CCCc1ccc(C(C)NC2CCC(OC)C2)cc1. The minimum absolute atomic E-state index is 0.427. The van der Waals surface area contributed by atoms with Crippen molar-refractivity contribution in [2.24, 2.45) is 0 Å². The normalized spacial score (nSPS) is 24.6. The first-order valence-corrected chi connectivity index (χ1v) is 7.60. The predicted octanol–water partition coefficient (Wildman–Crippen LogP) is 3.86. The Morgan fingerprint density at radius 2 is 2.00 bits per heavy atom. The molecule has 1 N–H and O–H groups in total. The Bertz CT molecular complexity index is 373. The molecule has 1 aliphatic carbocycles. The van der Waals surface area contributed by atoms with Gasteiger partial charge in [-0.2, -0.15) is 0 Å². The van der Waals surface area contributed by atoms with Crippen LogP contribution in [0.5, 0.6) is 0 Å². The Labute approximate surface area is 117 Å². The van der Waals surface area contributed by atoms with E-state index in [1.165, 1.54) is 36.8 Å². The third-order valence-electron chi connectivity index (χ3n) is 4.22. The Kier molecular flexibility index (Phi) is 5.41. The zero-order valence-electron chi connectivity index (χ0n) is 12.5. The van der Waals surface area contributed by atoms with Gasteiger partial charge >= 0.3 is 0 Å². The molecule has 106 valence electrons. The molecule has 2 rings (SSSR count). The monoisotopic (exact) mass is 261 g/mol. The van der Waals surface area contributed by atoms with Crippen molar-refractivity contribution in [3.8, 4) is 0 Å². The lowest BCUT2D eigenvalue weighted by Gasteiger charge is -2.20. The van der Waals surface area contributed by atoms with Crippen molar-refractivity contribution < 1.29 is 4.74 Å². The van der Waals surface area contributed by atoms with Gasteiger partial charge < -0.3 is 10.1 Å². The molecule has 0 saturated heterocycles. The highest BCUT2D eigenvalue weighted by Crippen LogP contribution is 2.24. The molecule has 0 bridgehead atoms. The number of nitrogens with one attached hydrogen (secondary N) is 1. The molecule has 2 nitrogen and oxygen atoms in total. The van der Waals surface area contributed by atoms with E-state index >= 15 is 0 Å². The second-order valence-electron chi connectivity index (χ2n) is 5.75. The topological polar surface area (TPSA) is 21.3 Å². The van der Waals surface area contributed by atoms with Gasteiger partial charge in [0.2, 0.25) is 0 Å². The first-order chi connectivity index (χ1) is 9.22. The van der Waals surface area contributed by atoms with Gasteiger partial charge in [0.25, 0.3) is 0 Å². The lowest BCUT2D eigenvalue weighted by Crippen LogP contribution is -2.29. The Morgan fingerprint density at radius 3 is 2.58 bits per heavy atom. The molecule has 0 radical (unpaired) electrons. The van der Waals surface area contributed by atoms with Crippen molar-refractivity contribution in [2.45, 2.75) is 64.1 Å². The van der Waals surface area contributed by atoms with Gasteiger partial charge in [-0.25, -0.2) is 0 Å². The summed E-state index contributed by atoms with van der Waals surface area (Å²) in [6.45, 7) is 4.49. The molecule has 0 spiro atoms. The van der Waals surface area contributed by atoms with Gasteiger partial charge in [-0.05, 0) is 43.7 Å². The van der Waals surface area contributed by atoms with Crippen LogP contribution in [0.25, 0.3) is 0 Å². The van der Waals surface area contributed by atoms with Crippen LogP contribution in [-0.2, 0) is 11.2 Å². The molecule has 19 heavy (non-hydrogen) atoms. The standard InChI is InChI=1S/C17H27NO/c1-4-5-14-6-8-15(9-7-14)13(2)18-16-10-11-17(12-16)19-3/h6-9,13,16-18H,4-5,10-12H2,1-3H3. The maximum atomic E-state index is 5.43. The molecule has 3 atom stereocenters. The molecule has 0 aromatic heterocycles. The molecular formula is C17H27NO. The summed E-state index contributed by atoms with van der Waals surface area (Å²) in [6.07, 6.45) is 6.42. The molecule has 1 fully saturated rings. The van der Waals surface area contributed by atoms with Crippen LogP contribution in [0.3, 0.4) is 0 Å². The zero-order valence-corrected chi connectivity index (χ0v) is 12.5. The number of hydrogen-bond acceptors (Lipinski definition) is 2. The van der Waals surface area contributed by atoms with Gasteiger partial charge in [0.1, 0.15) is 0 Å². The Hall–Kier alpha value is -0.860. The van der Waals surface area contributed by atoms with Crippen LogP contribution in [-0.4, -0.2) is 19.3 Å². The van der Waals surface area contributed by atoms with Crippen molar-refractivity contribution in [2.75, 3.05) is 7.11 Å². The smallest absolute Gasteiger partial charge is 0.0586 e. The molecule has 1 saturated carbocycles. The lowest BCUT2D eigenvalue weighted by molar-refractivity contribution is 0.106. The number of hydrogen-bond donors (Lipinski definition) is 1. The molecule has 1 aliphatic rings. The van der Waals surface area contributed by atoms with Crippen LogP contribution in [0, 0.1) is 0 Å². The van der Waals surface area contributed by atoms with Crippen LogP contribution < -0.4 is 5.32 Å². The van der Waals surface area contributed by atoms with E-state index < -0.39 is 0 Å². The van der Waals surface area contributed by atoms with Crippen molar-refractivity contribution in [1.29, 1.82) is 0 Å². The summed E-state index contributed by atoms with van der Waals surface area (Å²) in [4.78, 5) is 0. The molecule has 1 aromatic rings. The molecular weight excluding hydrogens is 234 g/mol. The van der Waals surface area contributed by atoms with Gasteiger partial charge in [-0.15, -0.1) is 0 Å². The second-order valence-corrected chi connectivity index (χ2v) is 5.75. The van der Waals surface area contributed by atoms with E-state index in [2.05, 4.69) is 43.4 Å². The average molecular weight is 261 g/mol. The maximum absolute atomic E-state index is 5.43. The summed E-state index contributed by atoms with van der Waals surface area (Å²) in [6, 6.07) is 10.1. The minimum atomic E-state index is 0.427. The van der Waals surface area contributed by atoms with E-state index in [-0.39, 0.29) is 0 Å². The highest BCUT2D eigenvalue weighted by atomic mass is 16.5. The third-order valence-corrected chi connectivity index (χ3v) is 4.22. The van der Waals surface area contributed by atoms with E-state index in [0.717, 1.165) is 6.42 Å². The number of ether oxygens (including phenoxy) is 1. The molecule has 3 unspecified atom stereocenters. The van der Waals surface area contributed by atoms with Crippen LogP contribution in [0.4, 0.5) is 0 Å². The van der Waals surface area contributed by atoms with Gasteiger partial charge in [0, 0.05) is 19.2 Å². The van der Waals surface area contributed by atoms with Crippen molar-refractivity contribution >= 4 is 0 Å². The number of rotatable bonds is 6. The van der Waals surface area contributed by atoms with E-state index in [4.69, 9.17) is 4.74 Å².